The second kappa shape index (κ2) is 4.42. The maximum Gasteiger partial charge on any atom is 0.422 e. The molecule has 0 saturated heterocycles. The SMILES string of the molecule is Cc1cccc(OCC(F)(F)F)c1C(=O)O. The van der Waals surface area contributed by atoms with Gasteiger partial charge in [-0.05, 0) is 18.6 Å². The molecule has 0 unspecified atom stereocenters. The number of carboxylic acids is 1. The van der Waals surface area contributed by atoms with E-state index in [-0.39, 0.29) is 11.3 Å². The second-order valence-electron chi connectivity index (χ2n) is 3.16. The van der Waals surface area contributed by atoms with Crippen LogP contribution in [0, 0.1) is 6.92 Å². The van der Waals surface area contributed by atoms with Gasteiger partial charge in [-0.15, -0.1) is 0 Å². The Morgan fingerprint density at radius 1 is 1.44 bits per heavy atom. The number of carbonyl (C=O) groups is 1. The van der Waals surface area contributed by atoms with E-state index in [1.165, 1.54) is 25.1 Å². The number of aromatic carboxylic acids is 1. The van der Waals surface area contributed by atoms with Gasteiger partial charge in [0.1, 0.15) is 11.3 Å². The lowest BCUT2D eigenvalue weighted by molar-refractivity contribution is -0.153. The second-order valence-corrected chi connectivity index (χ2v) is 3.16. The lowest BCUT2D eigenvalue weighted by Crippen LogP contribution is -2.20. The molecule has 0 aliphatic rings. The third kappa shape index (κ3) is 3.15. The Labute approximate surface area is 89.5 Å². The lowest BCUT2D eigenvalue weighted by atomic mass is 10.1. The van der Waals surface area contributed by atoms with Crippen LogP contribution in [0.4, 0.5) is 13.2 Å². The van der Waals surface area contributed by atoms with Crippen LogP contribution in [-0.4, -0.2) is 23.9 Å². The van der Waals surface area contributed by atoms with E-state index in [1.807, 2.05) is 0 Å². The first-order chi connectivity index (χ1) is 7.31. The smallest absolute Gasteiger partial charge is 0.422 e. The van der Waals surface area contributed by atoms with Crippen LogP contribution in [-0.2, 0) is 0 Å². The molecular weight excluding hydrogens is 225 g/mol. The van der Waals surface area contributed by atoms with Gasteiger partial charge in [-0.2, -0.15) is 13.2 Å². The molecule has 16 heavy (non-hydrogen) atoms. The zero-order valence-electron chi connectivity index (χ0n) is 8.34. The third-order valence-electron chi connectivity index (χ3n) is 1.84. The normalized spacial score (nSPS) is 11.2. The minimum Gasteiger partial charge on any atom is -0.483 e. The molecule has 0 atom stereocenters. The molecule has 0 aliphatic heterocycles. The molecule has 0 saturated carbocycles. The number of halogens is 3. The van der Waals surface area contributed by atoms with Crippen LogP contribution < -0.4 is 4.74 Å². The topological polar surface area (TPSA) is 46.5 Å². The van der Waals surface area contributed by atoms with E-state index < -0.39 is 18.8 Å². The molecular formula is C10H9F3O3. The molecule has 6 heteroatoms. The van der Waals surface area contributed by atoms with Gasteiger partial charge in [-0.3, -0.25) is 0 Å². The standard InChI is InChI=1S/C10H9F3O3/c1-6-3-2-4-7(8(6)9(14)15)16-5-10(11,12)13/h2-4H,5H2,1H3,(H,14,15). The van der Waals surface area contributed by atoms with Crippen LogP contribution in [0.15, 0.2) is 18.2 Å². The van der Waals surface area contributed by atoms with Crippen molar-refractivity contribution < 1.29 is 27.8 Å². The first-order valence-corrected chi connectivity index (χ1v) is 4.34. The zero-order valence-corrected chi connectivity index (χ0v) is 8.34. The van der Waals surface area contributed by atoms with E-state index in [2.05, 4.69) is 4.74 Å². The van der Waals surface area contributed by atoms with Gasteiger partial charge >= 0.3 is 12.1 Å². The van der Waals surface area contributed by atoms with E-state index >= 15 is 0 Å². The number of rotatable bonds is 3. The molecule has 1 rings (SSSR count). The summed E-state index contributed by atoms with van der Waals surface area (Å²) in [5.74, 6) is -1.58. The maximum atomic E-state index is 11.9. The monoisotopic (exact) mass is 234 g/mol. The van der Waals surface area contributed by atoms with Gasteiger partial charge in [0.05, 0.1) is 0 Å². The summed E-state index contributed by atoms with van der Waals surface area (Å²) in [6.45, 7) is -0.0133. The number of benzene rings is 1. The maximum absolute atomic E-state index is 11.9. The van der Waals surface area contributed by atoms with Crippen molar-refractivity contribution in [1.29, 1.82) is 0 Å². The van der Waals surface area contributed by atoms with Crippen LogP contribution in [0.25, 0.3) is 0 Å². The number of ether oxygens (including phenoxy) is 1. The Kier molecular flexibility index (Phi) is 3.41. The molecule has 1 aromatic rings. The Balaban J connectivity index is 2.96. The Bertz CT molecular complexity index is 399. The summed E-state index contributed by atoms with van der Waals surface area (Å²) in [5, 5.41) is 8.81. The molecule has 0 aliphatic carbocycles. The van der Waals surface area contributed by atoms with Crippen molar-refractivity contribution in [3.05, 3.63) is 29.3 Å². The highest BCUT2D eigenvalue weighted by atomic mass is 19.4. The van der Waals surface area contributed by atoms with Crippen molar-refractivity contribution in [3.63, 3.8) is 0 Å². The van der Waals surface area contributed by atoms with Gasteiger partial charge in [0.15, 0.2) is 6.61 Å². The van der Waals surface area contributed by atoms with Crippen LogP contribution >= 0.6 is 0 Å². The van der Waals surface area contributed by atoms with E-state index in [0.29, 0.717) is 5.56 Å². The number of alkyl halides is 3. The van der Waals surface area contributed by atoms with Crippen molar-refractivity contribution in [1.82, 2.24) is 0 Å². The minimum atomic E-state index is -4.49. The van der Waals surface area contributed by atoms with Gasteiger partial charge in [0, 0.05) is 0 Å². The van der Waals surface area contributed by atoms with Gasteiger partial charge in [0.25, 0.3) is 0 Å². The molecule has 0 heterocycles. The van der Waals surface area contributed by atoms with Gasteiger partial charge < -0.3 is 9.84 Å². The van der Waals surface area contributed by atoms with Crippen LogP contribution in [0.3, 0.4) is 0 Å². The van der Waals surface area contributed by atoms with E-state index in [1.54, 1.807) is 0 Å². The number of hydrogen-bond acceptors (Lipinski definition) is 2. The molecule has 0 aromatic heterocycles. The summed E-state index contributed by atoms with van der Waals surface area (Å²) >= 11 is 0. The molecule has 1 N–H and O–H groups in total. The van der Waals surface area contributed by atoms with Crippen molar-refractivity contribution >= 4 is 5.97 Å². The predicted molar refractivity (Wildman–Crippen MR) is 49.7 cm³/mol. The molecule has 0 bridgehead atoms. The average molecular weight is 234 g/mol. The zero-order chi connectivity index (χ0) is 12.3. The molecule has 0 amide bonds. The van der Waals surface area contributed by atoms with Crippen molar-refractivity contribution in [2.24, 2.45) is 0 Å². The fourth-order valence-electron chi connectivity index (χ4n) is 1.19. The fraction of sp³-hybridized carbons (Fsp3) is 0.300. The summed E-state index contributed by atoms with van der Waals surface area (Å²) in [6.07, 6.45) is -4.49. The van der Waals surface area contributed by atoms with Crippen molar-refractivity contribution in [3.8, 4) is 5.75 Å². The number of hydrogen-bond donors (Lipinski definition) is 1. The first kappa shape index (κ1) is 12.4. The van der Waals surface area contributed by atoms with E-state index in [9.17, 15) is 18.0 Å². The molecule has 1 aromatic carbocycles. The minimum absolute atomic E-state index is 0.244. The predicted octanol–water partition coefficient (Wildman–Crippen LogP) is 2.63. The summed E-state index contributed by atoms with van der Waals surface area (Å²) in [7, 11) is 0. The molecule has 3 nitrogen and oxygen atoms in total. The lowest BCUT2D eigenvalue weighted by Gasteiger charge is -2.12. The Hall–Kier alpha value is -1.72. The highest BCUT2D eigenvalue weighted by Gasteiger charge is 2.29. The first-order valence-electron chi connectivity index (χ1n) is 4.34. The Morgan fingerprint density at radius 3 is 2.56 bits per heavy atom. The van der Waals surface area contributed by atoms with Crippen LogP contribution in [0.5, 0.6) is 5.75 Å². The fourth-order valence-corrected chi connectivity index (χ4v) is 1.19. The highest BCUT2D eigenvalue weighted by Crippen LogP contribution is 2.24. The average Bonchev–Trinajstić information content (AvgIpc) is 2.12. The number of carboxylic acid groups (broad SMARTS) is 1. The summed E-state index contributed by atoms with van der Waals surface area (Å²) in [6, 6.07) is 4.12. The largest absolute Gasteiger partial charge is 0.483 e. The molecule has 88 valence electrons. The van der Waals surface area contributed by atoms with Gasteiger partial charge in [0.2, 0.25) is 0 Å². The quantitative estimate of drug-likeness (QED) is 0.874. The molecule has 0 fully saturated rings. The van der Waals surface area contributed by atoms with Crippen LogP contribution in [0.1, 0.15) is 15.9 Å². The summed E-state index contributed by atoms with van der Waals surface area (Å²) < 4.78 is 40.1. The van der Waals surface area contributed by atoms with E-state index in [4.69, 9.17) is 5.11 Å². The van der Waals surface area contributed by atoms with Crippen LogP contribution in [0.2, 0.25) is 0 Å². The van der Waals surface area contributed by atoms with Gasteiger partial charge in [-0.1, -0.05) is 12.1 Å². The number of aryl methyl sites for hydroxylation is 1. The Morgan fingerprint density at radius 2 is 2.06 bits per heavy atom. The van der Waals surface area contributed by atoms with Crippen molar-refractivity contribution in [2.75, 3.05) is 6.61 Å². The third-order valence-corrected chi connectivity index (χ3v) is 1.84. The summed E-state index contributed by atoms with van der Waals surface area (Å²) in [4.78, 5) is 10.8. The summed E-state index contributed by atoms with van der Waals surface area (Å²) in [5.41, 5.74) is 0.110. The molecule has 0 spiro atoms. The van der Waals surface area contributed by atoms with Crippen molar-refractivity contribution in [2.45, 2.75) is 13.1 Å². The van der Waals surface area contributed by atoms with Gasteiger partial charge in [-0.25, -0.2) is 4.79 Å². The molecule has 0 radical (unpaired) electrons. The highest BCUT2D eigenvalue weighted by molar-refractivity contribution is 5.92. The van der Waals surface area contributed by atoms with E-state index in [0.717, 1.165) is 0 Å².